The molecule has 0 atom stereocenters. The minimum absolute atomic E-state index is 0.562. The molecule has 102 valence electrons. The number of hydrogen-bond donors (Lipinski definition) is 1. The number of halogens is 2. The van der Waals surface area contributed by atoms with E-state index in [-0.39, 0.29) is 0 Å². The molecule has 1 N–H and O–H groups in total. The predicted octanol–water partition coefficient (Wildman–Crippen LogP) is 5.01. The number of nitrogens with zero attached hydrogens (tertiary/aromatic N) is 2. The molecule has 0 spiro atoms. The highest BCUT2D eigenvalue weighted by Crippen LogP contribution is 2.28. The van der Waals surface area contributed by atoms with Crippen molar-refractivity contribution in [3.8, 4) is 0 Å². The Morgan fingerprint density at radius 2 is 2.16 bits per heavy atom. The highest BCUT2D eigenvalue weighted by Gasteiger charge is 2.09. The molecule has 5 heteroatoms. The van der Waals surface area contributed by atoms with Crippen LogP contribution < -0.4 is 5.32 Å². The highest BCUT2D eigenvalue weighted by atomic mass is 79.9. The second kappa shape index (κ2) is 5.97. The topological polar surface area (TPSA) is 29.9 Å². The first-order valence-corrected chi connectivity index (χ1v) is 7.38. The maximum atomic E-state index is 6.19. The van der Waals surface area contributed by atoms with Gasteiger partial charge in [-0.1, -0.05) is 41.4 Å². The number of hydrogen-bond acceptors (Lipinski definition) is 2. The van der Waals surface area contributed by atoms with Crippen molar-refractivity contribution in [3.63, 3.8) is 0 Å². The first-order chi connectivity index (χ1) is 8.95. The average molecular weight is 343 g/mol. The van der Waals surface area contributed by atoms with Crippen LogP contribution in [0.1, 0.15) is 19.5 Å². The summed E-state index contributed by atoms with van der Waals surface area (Å²) < 4.78 is 3.11. The molecule has 0 saturated carbocycles. The third kappa shape index (κ3) is 3.74. The normalized spacial score (nSPS) is 11.1. The fraction of sp³-hybridized carbons (Fsp3) is 0.357. The summed E-state index contributed by atoms with van der Waals surface area (Å²) in [6.07, 6.45) is 2.05. The van der Waals surface area contributed by atoms with Crippen LogP contribution in [-0.2, 0) is 6.54 Å². The lowest BCUT2D eigenvalue weighted by Gasteiger charge is -2.12. The summed E-state index contributed by atoms with van der Waals surface area (Å²) in [5.41, 5.74) is 1.85. The van der Waals surface area contributed by atoms with Crippen LogP contribution in [0.25, 0.3) is 0 Å². The third-order valence-corrected chi connectivity index (χ3v) is 3.46. The second-order valence-electron chi connectivity index (χ2n) is 5.00. The number of aromatic nitrogens is 2. The molecule has 0 fully saturated rings. The fourth-order valence-corrected chi connectivity index (χ4v) is 2.42. The molecule has 1 aromatic carbocycles. The van der Waals surface area contributed by atoms with Crippen LogP contribution >= 0.6 is 27.5 Å². The lowest BCUT2D eigenvalue weighted by atomic mass is 10.2. The lowest BCUT2D eigenvalue weighted by Crippen LogP contribution is -2.07. The van der Waals surface area contributed by atoms with Gasteiger partial charge >= 0.3 is 0 Å². The number of rotatable bonds is 4. The number of benzene rings is 1. The van der Waals surface area contributed by atoms with Gasteiger partial charge in [0.15, 0.2) is 0 Å². The van der Waals surface area contributed by atoms with Gasteiger partial charge in [0.1, 0.15) is 0 Å². The van der Waals surface area contributed by atoms with Crippen LogP contribution in [0, 0.1) is 12.8 Å². The molecule has 1 aromatic heterocycles. The van der Waals surface area contributed by atoms with Gasteiger partial charge in [0.05, 0.1) is 16.4 Å². The predicted molar refractivity (Wildman–Crippen MR) is 84.2 cm³/mol. The van der Waals surface area contributed by atoms with Crippen molar-refractivity contribution in [2.75, 3.05) is 5.32 Å². The molecule has 1 heterocycles. The molecule has 0 amide bonds. The summed E-state index contributed by atoms with van der Waals surface area (Å²) >= 11 is 9.64. The van der Waals surface area contributed by atoms with E-state index >= 15 is 0 Å². The largest absolute Gasteiger partial charge is 0.324 e. The van der Waals surface area contributed by atoms with Gasteiger partial charge in [-0.25, -0.2) is 4.98 Å². The standard InChI is InChI=1S/C14H17BrClN3/c1-9(2)7-19-8-10(3)17-14(19)18-13-6-11(15)4-5-12(13)16/h4-6,8-9H,7H2,1-3H3,(H,17,18). The quantitative estimate of drug-likeness (QED) is 0.846. The Morgan fingerprint density at radius 1 is 1.42 bits per heavy atom. The van der Waals surface area contributed by atoms with Gasteiger partial charge in [0.25, 0.3) is 0 Å². The van der Waals surface area contributed by atoms with E-state index in [1.807, 2.05) is 31.3 Å². The van der Waals surface area contributed by atoms with Gasteiger partial charge in [-0.2, -0.15) is 0 Å². The van der Waals surface area contributed by atoms with Crippen molar-refractivity contribution in [3.05, 3.63) is 39.6 Å². The van der Waals surface area contributed by atoms with Crippen LogP contribution in [0.4, 0.5) is 11.6 Å². The van der Waals surface area contributed by atoms with Crippen LogP contribution in [0.15, 0.2) is 28.9 Å². The molecule has 3 nitrogen and oxygen atoms in total. The van der Waals surface area contributed by atoms with E-state index in [1.54, 1.807) is 0 Å². The summed E-state index contributed by atoms with van der Waals surface area (Å²) in [6.45, 7) is 7.29. The maximum Gasteiger partial charge on any atom is 0.207 e. The Morgan fingerprint density at radius 3 is 2.84 bits per heavy atom. The molecule has 0 radical (unpaired) electrons. The van der Waals surface area contributed by atoms with E-state index in [0.29, 0.717) is 10.9 Å². The summed E-state index contributed by atoms with van der Waals surface area (Å²) in [6, 6.07) is 5.72. The Kier molecular flexibility index (Phi) is 4.53. The minimum atomic E-state index is 0.562. The zero-order valence-electron chi connectivity index (χ0n) is 11.2. The molecule has 0 bridgehead atoms. The fourth-order valence-electron chi connectivity index (χ4n) is 1.89. The molecular weight excluding hydrogens is 326 g/mol. The average Bonchev–Trinajstić information content (AvgIpc) is 2.63. The van der Waals surface area contributed by atoms with E-state index in [9.17, 15) is 0 Å². The smallest absolute Gasteiger partial charge is 0.207 e. The molecule has 19 heavy (non-hydrogen) atoms. The van der Waals surface area contributed by atoms with Crippen LogP contribution in [-0.4, -0.2) is 9.55 Å². The van der Waals surface area contributed by atoms with E-state index in [1.165, 1.54) is 0 Å². The first-order valence-electron chi connectivity index (χ1n) is 6.21. The third-order valence-electron chi connectivity index (χ3n) is 2.63. The monoisotopic (exact) mass is 341 g/mol. The Bertz CT molecular complexity index is 578. The van der Waals surface area contributed by atoms with Crippen LogP contribution in [0.3, 0.4) is 0 Å². The highest BCUT2D eigenvalue weighted by molar-refractivity contribution is 9.10. The molecule has 0 aliphatic heterocycles. The Balaban J connectivity index is 2.29. The van der Waals surface area contributed by atoms with Crippen molar-refractivity contribution >= 4 is 39.2 Å². The van der Waals surface area contributed by atoms with Crippen molar-refractivity contribution in [1.82, 2.24) is 9.55 Å². The molecule has 0 unspecified atom stereocenters. The Hall–Kier alpha value is -1.00. The molecule has 0 aliphatic rings. The van der Waals surface area contributed by atoms with Crippen LogP contribution in [0.2, 0.25) is 5.02 Å². The van der Waals surface area contributed by atoms with E-state index in [2.05, 4.69) is 44.6 Å². The van der Waals surface area contributed by atoms with Crippen molar-refractivity contribution in [1.29, 1.82) is 0 Å². The zero-order valence-corrected chi connectivity index (χ0v) is 13.6. The van der Waals surface area contributed by atoms with Gasteiger partial charge in [-0.15, -0.1) is 0 Å². The first kappa shape index (κ1) is 14.4. The van der Waals surface area contributed by atoms with E-state index in [0.717, 1.165) is 28.3 Å². The number of aryl methyl sites for hydroxylation is 1. The lowest BCUT2D eigenvalue weighted by molar-refractivity contribution is 0.527. The van der Waals surface area contributed by atoms with Crippen molar-refractivity contribution < 1.29 is 0 Å². The molecule has 0 aliphatic carbocycles. The molecule has 0 saturated heterocycles. The van der Waals surface area contributed by atoms with E-state index < -0.39 is 0 Å². The zero-order chi connectivity index (χ0) is 14.0. The Labute approximate surface area is 127 Å². The SMILES string of the molecule is Cc1cn(CC(C)C)c(Nc2cc(Br)ccc2Cl)n1. The minimum Gasteiger partial charge on any atom is -0.324 e. The second-order valence-corrected chi connectivity index (χ2v) is 6.32. The van der Waals surface area contributed by atoms with Gasteiger partial charge in [0, 0.05) is 17.2 Å². The summed E-state index contributed by atoms with van der Waals surface area (Å²) in [5, 5.41) is 3.98. The van der Waals surface area contributed by atoms with Gasteiger partial charge < -0.3 is 9.88 Å². The maximum absolute atomic E-state index is 6.19. The van der Waals surface area contributed by atoms with Gasteiger partial charge in [-0.3, -0.25) is 0 Å². The molecule has 2 aromatic rings. The summed E-state index contributed by atoms with van der Waals surface area (Å²) in [7, 11) is 0. The van der Waals surface area contributed by atoms with Gasteiger partial charge in [0.2, 0.25) is 5.95 Å². The van der Waals surface area contributed by atoms with E-state index in [4.69, 9.17) is 11.6 Å². The van der Waals surface area contributed by atoms with Gasteiger partial charge in [-0.05, 0) is 31.0 Å². The number of imidazole rings is 1. The summed E-state index contributed by atoms with van der Waals surface area (Å²) in [4.78, 5) is 4.51. The van der Waals surface area contributed by atoms with Crippen LogP contribution in [0.5, 0.6) is 0 Å². The summed E-state index contributed by atoms with van der Waals surface area (Å²) in [5.74, 6) is 1.39. The molecule has 2 rings (SSSR count). The number of nitrogens with one attached hydrogen (secondary N) is 1. The molecular formula is C14H17BrClN3. The number of anilines is 2. The van der Waals surface area contributed by atoms with Crippen molar-refractivity contribution in [2.45, 2.75) is 27.3 Å². The van der Waals surface area contributed by atoms with Crippen molar-refractivity contribution in [2.24, 2.45) is 5.92 Å².